The first-order valence-corrected chi connectivity index (χ1v) is 12.1. The quantitative estimate of drug-likeness (QED) is 0.716. The maximum absolute atomic E-state index is 12.8. The molecule has 156 valence electrons. The molecule has 2 aromatic carbocycles. The molecular formula is C19H23N3O5S2. The van der Waals surface area contributed by atoms with Crippen molar-refractivity contribution < 1.29 is 21.6 Å². The smallest absolute Gasteiger partial charge is 0.255 e. The van der Waals surface area contributed by atoms with Crippen LogP contribution in [0.25, 0.3) is 0 Å². The molecule has 1 fully saturated rings. The predicted octanol–water partition coefficient (Wildman–Crippen LogP) is 2.15. The van der Waals surface area contributed by atoms with Gasteiger partial charge in [-0.3, -0.25) is 4.79 Å². The molecule has 0 aliphatic heterocycles. The summed E-state index contributed by atoms with van der Waals surface area (Å²) in [6.07, 6.45) is 3.78. The fourth-order valence-electron chi connectivity index (χ4n) is 3.34. The van der Waals surface area contributed by atoms with Crippen LogP contribution in [0, 0.1) is 0 Å². The Balaban J connectivity index is 1.71. The van der Waals surface area contributed by atoms with E-state index in [0.29, 0.717) is 5.69 Å². The molecule has 0 aromatic heterocycles. The highest BCUT2D eigenvalue weighted by atomic mass is 32.2. The first-order valence-electron chi connectivity index (χ1n) is 9.11. The highest BCUT2D eigenvalue weighted by molar-refractivity contribution is 7.89. The zero-order valence-electron chi connectivity index (χ0n) is 15.9. The number of anilines is 1. The van der Waals surface area contributed by atoms with Gasteiger partial charge in [-0.15, -0.1) is 0 Å². The maximum Gasteiger partial charge on any atom is 0.255 e. The van der Waals surface area contributed by atoms with Gasteiger partial charge in [0, 0.05) is 24.3 Å². The molecule has 1 aliphatic carbocycles. The summed E-state index contributed by atoms with van der Waals surface area (Å²) in [5, 5.41) is 7.67. The molecule has 1 saturated carbocycles. The number of hydrogen-bond acceptors (Lipinski definition) is 5. The van der Waals surface area contributed by atoms with E-state index in [-0.39, 0.29) is 21.4 Å². The van der Waals surface area contributed by atoms with E-state index < -0.39 is 26.0 Å². The number of hydrogen-bond donors (Lipinski definition) is 2. The van der Waals surface area contributed by atoms with Gasteiger partial charge in [0.05, 0.1) is 9.79 Å². The number of nitrogens with zero attached hydrogens (tertiary/aromatic N) is 1. The number of amides is 1. The molecule has 0 bridgehead atoms. The molecular weight excluding hydrogens is 414 g/mol. The third kappa shape index (κ3) is 4.84. The molecule has 29 heavy (non-hydrogen) atoms. The van der Waals surface area contributed by atoms with E-state index in [1.165, 1.54) is 52.8 Å². The lowest BCUT2D eigenvalue weighted by atomic mass is 10.2. The van der Waals surface area contributed by atoms with Crippen LogP contribution in [0.3, 0.4) is 0 Å². The third-order valence-corrected chi connectivity index (χ3v) is 7.93. The summed E-state index contributed by atoms with van der Waals surface area (Å²) in [5.74, 6) is -0.443. The van der Waals surface area contributed by atoms with E-state index >= 15 is 0 Å². The SMILES string of the molecule is CN(C1CCCC1)S(=O)(=O)c1ccc(C(=O)Nc2ccc(S(N)(=O)=O)cc2)cc1. The number of benzene rings is 2. The van der Waals surface area contributed by atoms with Crippen molar-refractivity contribution in [1.82, 2.24) is 4.31 Å². The van der Waals surface area contributed by atoms with Gasteiger partial charge in [0.25, 0.3) is 5.91 Å². The Morgan fingerprint density at radius 1 is 0.931 bits per heavy atom. The second-order valence-corrected chi connectivity index (χ2v) is 10.6. The van der Waals surface area contributed by atoms with Crippen molar-refractivity contribution in [3.05, 3.63) is 54.1 Å². The number of sulfonamides is 2. The third-order valence-electron chi connectivity index (χ3n) is 5.07. The number of primary sulfonamides is 1. The lowest BCUT2D eigenvalue weighted by Crippen LogP contribution is -2.35. The highest BCUT2D eigenvalue weighted by Gasteiger charge is 2.30. The van der Waals surface area contributed by atoms with E-state index in [1.807, 2.05) is 0 Å². The van der Waals surface area contributed by atoms with Crippen molar-refractivity contribution in [2.24, 2.45) is 5.14 Å². The molecule has 0 radical (unpaired) electrons. The Morgan fingerprint density at radius 3 is 1.97 bits per heavy atom. The molecule has 10 heteroatoms. The van der Waals surface area contributed by atoms with Gasteiger partial charge in [-0.05, 0) is 61.4 Å². The van der Waals surface area contributed by atoms with Gasteiger partial charge in [-0.25, -0.2) is 22.0 Å². The number of carbonyl (C=O) groups excluding carboxylic acids is 1. The van der Waals surface area contributed by atoms with Crippen LogP contribution in [0.2, 0.25) is 0 Å². The van der Waals surface area contributed by atoms with E-state index in [9.17, 15) is 21.6 Å². The van der Waals surface area contributed by atoms with Gasteiger partial charge in [0.1, 0.15) is 0 Å². The van der Waals surface area contributed by atoms with Crippen molar-refractivity contribution >= 4 is 31.6 Å². The molecule has 1 aliphatic rings. The van der Waals surface area contributed by atoms with Crippen LogP contribution >= 0.6 is 0 Å². The molecule has 0 saturated heterocycles. The van der Waals surface area contributed by atoms with Gasteiger partial charge in [-0.1, -0.05) is 12.8 Å². The molecule has 1 amide bonds. The number of rotatable bonds is 6. The second kappa shape index (κ2) is 8.23. The van der Waals surface area contributed by atoms with Crippen molar-refractivity contribution in [3.63, 3.8) is 0 Å². The largest absolute Gasteiger partial charge is 0.322 e. The summed E-state index contributed by atoms with van der Waals surface area (Å²) in [6.45, 7) is 0. The second-order valence-electron chi connectivity index (χ2n) is 7.01. The van der Waals surface area contributed by atoms with Crippen molar-refractivity contribution in [2.45, 2.75) is 41.5 Å². The van der Waals surface area contributed by atoms with Crippen LogP contribution in [-0.4, -0.2) is 40.1 Å². The topological polar surface area (TPSA) is 127 Å². The van der Waals surface area contributed by atoms with E-state index in [0.717, 1.165) is 25.7 Å². The summed E-state index contributed by atoms with van der Waals surface area (Å²) < 4.78 is 49.5. The van der Waals surface area contributed by atoms with Gasteiger partial charge in [-0.2, -0.15) is 4.31 Å². The average Bonchev–Trinajstić information content (AvgIpc) is 3.22. The predicted molar refractivity (Wildman–Crippen MR) is 109 cm³/mol. The fraction of sp³-hybridized carbons (Fsp3) is 0.316. The van der Waals surface area contributed by atoms with Crippen LogP contribution in [0.5, 0.6) is 0 Å². The van der Waals surface area contributed by atoms with E-state index in [1.54, 1.807) is 7.05 Å². The fourth-order valence-corrected chi connectivity index (χ4v) is 5.27. The van der Waals surface area contributed by atoms with Gasteiger partial charge < -0.3 is 5.32 Å². The summed E-state index contributed by atoms with van der Waals surface area (Å²) in [7, 11) is -5.82. The van der Waals surface area contributed by atoms with Gasteiger partial charge in [0.15, 0.2) is 0 Å². The monoisotopic (exact) mass is 437 g/mol. The standard InChI is InChI=1S/C19H23N3O5S2/c1-22(16-4-2-3-5-16)29(26,27)18-10-6-14(7-11-18)19(23)21-15-8-12-17(13-9-15)28(20,24)25/h6-13,16H,2-5H2,1H3,(H,21,23)(H2,20,24,25). The average molecular weight is 438 g/mol. The van der Waals surface area contributed by atoms with Gasteiger partial charge >= 0.3 is 0 Å². The van der Waals surface area contributed by atoms with E-state index in [4.69, 9.17) is 5.14 Å². The minimum absolute atomic E-state index is 0.0169. The Labute approximate surface area is 170 Å². The maximum atomic E-state index is 12.8. The number of nitrogens with one attached hydrogen (secondary N) is 1. The van der Waals surface area contributed by atoms with Crippen molar-refractivity contribution in [2.75, 3.05) is 12.4 Å². The van der Waals surface area contributed by atoms with Crippen LogP contribution < -0.4 is 10.5 Å². The van der Waals surface area contributed by atoms with Gasteiger partial charge in [0.2, 0.25) is 20.0 Å². The molecule has 0 spiro atoms. The summed E-state index contributed by atoms with van der Waals surface area (Å²) in [6, 6.07) is 11.2. The molecule has 3 rings (SSSR count). The summed E-state index contributed by atoms with van der Waals surface area (Å²) >= 11 is 0. The molecule has 0 heterocycles. The first kappa shape index (κ1) is 21.4. The zero-order chi connectivity index (χ0) is 21.2. The molecule has 0 unspecified atom stereocenters. The van der Waals surface area contributed by atoms with Crippen molar-refractivity contribution in [3.8, 4) is 0 Å². The highest BCUT2D eigenvalue weighted by Crippen LogP contribution is 2.27. The molecule has 2 aromatic rings. The summed E-state index contributed by atoms with van der Waals surface area (Å²) in [4.78, 5) is 12.5. The van der Waals surface area contributed by atoms with Crippen LogP contribution in [0.4, 0.5) is 5.69 Å². The van der Waals surface area contributed by atoms with Crippen LogP contribution in [-0.2, 0) is 20.0 Å². The lowest BCUT2D eigenvalue weighted by Gasteiger charge is -2.23. The molecule has 8 nitrogen and oxygen atoms in total. The zero-order valence-corrected chi connectivity index (χ0v) is 17.5. The normalized spacial score (nSPS) is 15.6. The minimum Gasteiger partial charge on any atom is -0.322 e. The first-order chi connectivity index (χ1) is 13.6. The molecule has 0 atom stereocenters. The van der Waals surface area contributed by atoms with Crippen molar-refractivity contribution in [1.29, 1.82) is 0 Å². The Hall–Kier alpha value is -2.27. The Morgan fingerprint density at radius 2 is 1.45 bits per heavy atom. The lowest BCUT2D eigenvalue weighted by molar-refractivity contribution is 0.102. The van der Waals surface area contributed by atoms with Crippen LogP contribution in [0.15, 0.2) is 58.3 Å². The number of carbonyl (C=O) groups is 1. The Kier molecular flexibility index (Phi) is 6.08. The number of nitrogens with two attached hydrogens (primary N) is 1. The minimum atomic E-state index is -3.81. The van der Waals surface area contributed by atoms with E-state index in [2.05, 4.69) is 5.32 Å². The Bertz CT molecular complexity index is 1090. The molecule has 3 N–H and O–H groups in total. The summed E-state index contributed by atoms with van der Waals surface area (Å²) in [5.41, 5.74) is 0.669. The van der Waals surface area contributed by atoms with Crippen LogP contribution in [0.1, 0.15) is 36.0 Å².